The van der Waals surface area contributed by atoms with Gasteiger partial charge in [-0.2, -0.15) is 0 Å². The molecule has 0 aromatic heterocycles. The molecule has 0 spiro atoms. The lowest BCUT2D eigenvalue weighted by atomic mass is 9.69. The third kappa shape index (κ3) is 37.0. The predicted molar refractivity (Wildman–Crippen MR) is 366 cm³/mol. The van der Waals surface area contributed by atoms with Gasteiger partial charge in [0.2, 0.25) is 17.1 Å². The Morgan fingerprint density at radius 3 is 1.01 bits per heavy atom. The van der Waals surface area contributed by atoms with Crippen molar-refractivity contribution >= 4 is 28.7 Å². The molecule has 0 bridgehead atoms. The van der Waals surface area contributed by atoms with E-state index in [1.165, 1.54) is 289 Å². The summed E-state index contributed by atoms with van der Waals surface area (Å²) in [4.78, 5) is 36.9. The number of halogens is 1. The van der Waals surface area contributed by atoms with Gasteiger partial charge in [-0.3, -0.25) is 14.4 Å². The van der Waals surface area contributed by atoms with Crippen LogP contribution in [0, 0.1) is 53.3 Å². The number of hydrogen-bond acceptors (Lipinski definition) is 7. The van der Waals surface area contributed by atoms with Crippen molar-refractivity contribution in [1.29, 1.82) is 0 Å². The van der Waals surface area contributed by atoms with Crippen molar-refractivity contribution in [3.8, 4) is 0 Å². The molecule has 0 unspecified atom stereocenters. The largest absolute Gasteiger partial charge is 0.381 e. The van der Waals surface area contributed by atoms with Crippen LogP contribution in [0.4, 0.5) is 0 Å². The second-order valence-corrected chi connectivity index (χ2v) is 27.7. The highest BCUT2D eigenvalue weighted by atomic mass is 35.5. The number of likely N-dealkylation sites (N-methyl/N-ethyl adjacent to an activating group) is 1. The number of hydrogen-bond donors (Lipinski definition) is 2. The van der Waals surface area contributed by atoms with Crippen LogP contribution >= 0.6 is 11.6 Å². The summed E-state index contributed by atoms with van der Waals surface area (Å²) >= 11 is 4.71. The van der Waals surface area contributed by atoms with Crippen molar-refractivity contribution in [2.24, 2.45) is 59.0 Å². The summed E-state index contributed by atoms with van der Waals surface area (Å²) in [6.07, 6.45) is 59.4. The van der Waals surface area contributed by atoms with E-state index in [0.29, 0.717) is 18.1 Å². The molecule has 0 atom stereocenters. The van der Waals surface area contributed by atoms with Gasteiger partial charge in [0.1, 0.15) is 0 Å². The molecule has 2 aliphatic heterocycles. The molecule has 0 radical (unpaired) electrons. The molecular formula is C75H139ClN4O5. The molecular weight excluding hydrogens is 1070 g/mol. The van der Waals surface area contributed by atoms with Crippen molar-refractivity contribution < 1.29 is 23.9 Å². The molecule has 0 aromatic rings. The molecule has 0 aromatic carbocycles. The van der Waals surface area contributed by atoms with E-state index in [2.05, 4.69) is 71.5 Å². The summed E-state index contributed by atoms with van der Waals surface area (Å²) in [5.41, 5.74) is 6.02. The maximum absolute atomic E-state index is 11.7. The number of carbonyl (C=O) groups excluding carboxylic acids is 3. The number of nitrogens with zero attached hydrogens (tertiary/aromatic N) is 2. The fourth-order valence-electron chi connectivity index (χ4n) is 15.5. The fraction of sp³-hybridized carbons (Fsp3) is 0.880. The quantitative estimate of drug-likeness (QED) is 0.0595. The third-order valence-electron chi connectivity index (χ3n) is 21.4. The van der Waals surface area contributed by atoms with Crippen LogP contribution in [0.25, 0.3) is 0 Å². The van der Waals surface area contributed by atoms with E-state index in [1.54, 1.807) is 0 Å². The van der Waals surface area contributed by atoms with Crippen LogP contribution < -0.4 is 11.1 Å². The molecule has 2 heterocycles. The smallest absolute Gasteiger partial charge is 0.245 e. The molecule has 8 rings (SSSR count). The van der Waals surface area contributed by atoms with E-state index in [9.17, 15) is 14.4 Å². The zero-order chi connectivity index (χ0) is 62.3. The number of carbonyl (C=O) groups is 3. The lowest BCUT2D eigenvalue weighted by Gasteiger charge is -2.40. The molecule has 2 amide bonds. The normalized spacial score (nSPS) is 29.0. The number of allylic oxidation sites excluding steroid dienone is 1. The molecule has 8 aliphatic rings. The second kappa shape index (κ2) is 51.7. The molecule has 496 valence electrons. The summed E-state index contributed by atoms with van der Waals surface area (Å²) in [7, 11) is 1.94. The fourth-order valence-corrected chi connectivity index (χ4v) is 15.5. The van der Waals surface area contributed by atoms with E-state index in [1.807, 2.05) is 11.9 Å². The average Bonchev–Trinajstić information content (AvgIpc) is 4.48. The van der Waals surface area contributed by atoms with Crippen molar-refractivity contribution in [2.45, 2.75) is 317 Å². The van der Waals surface area contributed by atoms with E-state index < -0.39 is 5.24 Å². The average molecular weight is 1210 g/mol. The number of rotatable bonds is 23. The number of amides is 2. The van der Waals surface area contributed by atoms with Crippen molar-refractivity contribution in [3.63, 3.8) is 0 Å². The van der Waals surface area contributed by atoms with E-state index in [0.717, 1.165) is 85.8 Å². The Morgan fingerprint density at radius 1 is 0.459 bits per heavy atom. The minimum Gasteiger partial charge on any atom is -0.381 e. The molecule has 8 fully saturated rings. The first-order valence-electron chi connectivity index (χ1n) is 36.6. The minimum atomic E-state index is -0.509. The standard InChI is InChI=1S/C21H37NO.C20H35NO.C17H33N.C6H15N.2C4H8O.C3H3ClO/c1-4-6-7-8-17-9-11-18(12-10-17)19-13-15-20(16-14-19)22(3)21(23)5-2;1-3-5-6-7-16-8-10-17(11-9-16)18-12-14-19(15-13-18)21-20(22)4-2;1-2-3-4-5-14-6-8-15(9-7-14)16-10-12-17(18)13-11-16;1-4-7(5-2)6-3;2*1-2-4-5-3-1;1-2-3(4)5/h5,17-20H,2,4,6-16H2,1,3H3;4,16-19H,2-3,5-15H2,1H3,(H,21,22);14-17H,2-13,18H2,1H3;4-6H2,1-3H3;2*1-4H2;2H,1H2. The maximum Gasteiger partial charge on any atom is 0.245 e. The maximum atomic E-state index is 11.7. The van der Waals surface area contributed by atoms with Gasteiger partial charge in [-0.1, -0.05) is 177 Å². The monoisotopic (exact) mass is 1210 g/mol. The van der Waals surface area contributed by atoms with Crippen LogP contribution in [-0.4, -0.2) is 98.1 Å². The summed E-state index contributed by atoms with van der Waals surface area (Å²) in [6, 6.07) is 1.36. The van der Waals surface area contributed by atoms with Crippen molar-refractivity contribution in [1.82, 2.24) is 15.1 Å². The van der Waals surface area contributed by atoms with Gasteiger partial charge in [-0.15, -0.1) is 0 Å². The topological polar surface area (TPSA) is 114 Å². The Balaban J connectivity index is 0.000000369. The molecule has 2 saturated heterocycles. The minimum absolute atomic E-state index is 0.00367. The van der Waals surface area contributed by atoms with Crippen LogP contribution in [0.3, 0.4) is 0 Å². The number of nitrogens with two attached hydrogens (primary N) is 1. The molecule has 85 heavy (non-hydrogen) atoms. The van der Waals surface area contributed by atoms with Crippen molar-refractivity contribution in [3.05, 3.63) is 38.0 Å². The first kappa shape index (κ1) is 79.1. The summed E-state index contributed by atoms with van der Waals surface area (Å²) < 4.78 is 9.89. The van der Waals surface area contributed by atoms with Crippen LogP contribution in [0.2, 0.25) is 0 Å². The predicted octanol–water partition coefficient (Wildman–Crippen LogP) is 19.6. The van der Waals surface area contributed by atoms with Gasteiger partial charge in [0.05, 0.1) is 0 Å². The van der Waals surface area contributed by atoms with Crippen LogP contribution in [-0.2, 0) is 23.9 Å². The molecule has 6 saturated carbocycles. The Hall–Kier alpha value is -2.04. The van der Waals surface area contributed by atoms with E-state index >= 15 is 0 Å². The first-order chi connectivity index (χ1) is 41.3. The van der Waals surface area contributed by atoms with Gasteiger partial charge in [0.15, 0.2) is 0 Å². The van der Waals surface area contributed by atoms with Gasteiger partial charge < -0.3 is 30.3 Å². The first-order valence-corrected chi connectivity index (χ1v) is 36.9. The van der Waals surface area contributed by atoms with E-state index in [-0.39, 0.29) is 11.8 Å². The van der Waals surface area contributed by atoms with Crippen LogP contribution in [0.5, 0.6) is 0 Å². The molecule has 10 heteroatoms. The molecule has 6 aliphatic carbocycles. The number of unbranched alkanes of at least 4 members (excludes halogenated alkanes) is 6. The zero-order valence-electron chi connectivity index (χ0n) is 56.9. The Bertz CT molecular complexity index is 1590. The Kier molecular flexibility index (Phi) is 48.1. The van der Waals surface area contributed by atoms with Crippen LogP contribution in [0.15, 0.2) is 38.0 Å². The zero-order valence-corrected chi connectivity index (χ0v) is 57.7. The highest BCUT2D eigenvalue weighted by Crippen LogP contribution is 2.44. The van der Waals surface area contributed by atoms with Crippen LogP contribution in [0.1, 0.15) is 298 Å². The van der Waals surface area contributed by atoms with Gasteiger partial charge in [-0.05, 0) is 244 Å². The van der Waals surface area contributed by atoms with Gasteiger partial charge >= 0.3 is 0 Å². The van der Waals surface area contributed by atoms with Gasteiger partial charge in [-0.25, -0.2) is 0 Å². The lowest BCUT2D eigenvalue weighted by Crippen LogP contribution is -2.39. The summed E-state index contributed by atoms with van der Waals surface area (Å²) in [5, 5.41) is 2.56. The van der Waals surface area contributed by atoms with Crippen molar-refractivity contribution in [2.75, 3.05) is 53.1 Å². The number of nitrogens with one attached hydrogen (secondary N) is 1. The second-order valence-electron chi connectivity index (χ2n) is 27.3. The summed E-state index contributed by atoms with van der Waals surface area (Å²) in [6.45, 7) is 31.3. The van der Waals surface area contributed by atoms with Gasteiger partial charge in [0, 0.05) is 51.6 Å². The molecule has 9 nitrogen and oxygen atoms in total. The highest BCUT2D eigenvalue weighted by molar-refractivity contribution is 6.66. The molecule has 3 N–H and O–H groups in total. The Labute approximate surface area is 531 Å². The lowest BCUT2D eigenvalue weighted by molar-refractivity contribution is -0.127. The summed E-state index contributed by atoms with van der Waals surface area (Å²) in [5.74, 6) is 9.06. The van der Waals surface area contributed by atoms with E-state index in [4.69, 9.17) is 26.8 Å². The Morgan fingerprint density at radius 2 is 0.765 bits per heavy atom. The number of ether oxygens (including phenoxy) is 2. The SMILES string of the molecule is C1CCOC1.C1CCOC1.C=CC(=O)Cl.C=CC(=O)N(C)C1CCC(C2CCC(CCCCC)CC2)CC1.C=CC(=O)NC1CCC(C2CCC(CCCCC)CC2)CC1.CCCCCC1CCC(C2CCC(N)CC2)CC1.CCN(CC)CC. The highest BCUT2D eigenvalue weighted by Gasteiger charge is 2.34. The van der Waals surface area contributed by atoms with Gasteiger partial charge in [0.25, 0.3) is 0 Å². The third-order valence-corrected chi connectivity index (χ3v) is 21.6.